The second kappa shape index (κ2) is 7.60. The number of halogens is 3. The minimum absolute atomic E-state index is 0.0102. The molecule has 2 aromatic carbocycles. The van der Waals surface area contributed by atoms with Gasteiger partial charge in [0.05, 0.1) is 0 Å². The Hall–Kier alpha value is -2.48. The highest BCUT2D eigenvalue weighted by molar-refractivity contribution is 9.10. The number of ether oxygens (including phenoxy) is 1. The smallest absolute Gasteiger partial charge is 0.387 e. The maximum atomic E-state index is 12.2. The molecule has 25 heavy (non-hydrogen) atoms. The number of nitrogens with zero attached hydrogens (tertiary/aromatic N) is 2. The molecule has 1 heterocycles. The van der Waals surface area contributed by atoms with Crippen LogP contribution < -0.4 is 10.1 Å². The largest absolute Gasteiger partial charge is 0.435 e. The number of hydrogen-bond acceptors (Lipinski definition) is 5. The molecule has 1 N–H and O–H groups in total. The zero-order valence-corrected chi connectivity index (χ0v) is 14.7. The lowest BCUT2D eigenvalue weighted by atomic mass is 10.1. The molecule has 1 atom stereocenters. The standard InChI is InChI=1S/C17H14BrF2N3O2/c1-10(11-4-8-14(9-5-11)24-17(19)20)21-13-6-2-12(3-7-13)15-22-23-16(18)25-15/h2-10,17,21H,1H3. The highest BCUT2D eigenvalue weighted by atomic mass is 79.9. The van der Waals surface area contributed by atoms with Gasteiger partial charge in [-0.2, -0.15) is 8.78 Å². The number of hydrogen-bond donors (Lipinski definition) is 1. The van der Waals surface area contributed by atoms with Crippen LogP contribution in [-0.4, -0.2) is 16.8 Å². The first-order valence-corrected chi connectivity index (χ1v) is 8.21. The zero-order valence-electron chi connectivity index (χ0n) is 13.1. The Morgan fingerprint density at radius 1 is 1.04 bits per heavy atom. The van der Waals surface area contributed by atoms with E-state index in [1.807, 2.05) is 31.2 Å². The molecular weight excluding hydrogens is 396 g/mol. The Morgan fingerprint density at radius 2 is 1.72 bits per heavy atom. The molecule has 0 spiro atoms. The van der Waals surface area contributed by atoms with E-state index in [0.717, 1.165) is 16.8 Å². The summed E-state index contributed by atoms with van der Waals surface area (Å²) in [6, 6.07) is 14.1. The molecule has 0 aliphatic carbocycles. The summed E-state index contributed by atoms with van der Waals surface area (Å²) in [5.74, 6) is 0.571. The molecule has 5 nitrogen and oxygen atoms in total. The minimum Gasteiger partial charge on any atom is -0.435 e. The predicted octanol–water partition coefficient (Wildman–Crippen LogP) is 5.27. The van der Waals surface area contributed by atoms with Gasteiger partial charge in [-0.1, -0.05) is 12.1 Å². The molecule has 3 rings (SSSR count). The summed E-state index contributed by atoms with van der Waals surface area (Å²) in [5.41, 5.74) is 2.67. The highest BCUT2D eigenvalue weighted by Gasteiger charge is 2.09. The van der Waals surface area contributed by atoms with E-state index < -0.39 is 6.61 Å². The van der Waals surface area contributed by atoms with E-state index in [1.165, 1.54) is 12.1 Å². The quantitative estimate of drug-likeness (QED) is 0.600. The lowest BCUT2D eigenvalue weighted by Gasteiger charge is -2.16. The maximum Gasteiger partial charge on any atom is 0.387 e. The van der Waals surface area contributed by atoms with E-state index in [4.69, 9.17) is 4.42 Å². The summed E-state index contributed by atoms with van der Waals surface area (Å²) < 4.78 is 34.0. The van der Waals surface area contributed by atoms with Crippen molar-refractivity contribution in [2.45, 2.75) is 19.6 Å². The van der Waals surface area contributed by atoms with Crippen molar-refractivity contribution in [2.75, 3.05) is 5.32 Å². The fourth-order valence-corrected chi connectivity index (χ4v) is 2.53. The average Bonchev–Trinajstić information content (AvgIpc) is 3.02. The van der Waals surface area contributed by atoms with Gasteiger partial charge in [0.2, 0.25) is 5.89 Å². The van der Waals surface area contributed by atoms with Crippen LogP contribution in [0.5, 0.6) is 5.75 Å². The van der Waals surface area contributed by atoms with Gasteiger partial charge in [0.1, 0.15) is 5.75 Å². The second-order valence-electron chi connectivity index (χ2n) is 5.25. The van der Waals surface area contributed by atoms with Gasteiger partial charge >= 0.3 is 6.61 Å². The molecule has 8 heteroatoms. The van der Waals surface area contributed by atoms with Crippen molar-refractivity contribution in [1.82, 2.24) is 10.2 Å². The summed E-state index contributed by atoms with van der Waals surface area (Å²) in [5, 5.41) is 11.0. The number of nitrogens with one attached hydrogen (secondary N) is 1. The van der Waals surface area contributed by atoms with Gasteiger partial charge in [-0.15, -0.1) is 10.2 Å². The Labute approximate surface area is 151 Å². The SMILES string of the molecule is CC(Nc1ccc(-c2nnc(Br)o2)cc1)c1ccc(OC(F)F)cc1. The fourth-order valence-electron chi connectivity index (χ4n) is 2.30. The number of alkyl halides is 2. The van der Waals surface area contributed by atoms with Crippen LogP contribution in [0.3, 0.4) is 0 Å². The lowest BCUT2D eigenvalue weighted by molar-refractivity contribution is -0.0498. The second-order valence-corrected chi connectivity index (χ2v) is 5.93. The van der Waals surface area contributed by atoms with Crippen LogP contribution in [0.4, 0.5) is 14.5 Å². The van der Waals surface area contributed by atoms with E-state index in [-0.39, 0.29) is 11.8 Å². The molecule has 0 amide bonds. The Balaban J connectivity index is 1.65. The maximum absolute atomic E-state index is 12.2. The van der Waals surface area contributed by atoms with Gasteiger partial charge in [0.25, 0.3) is 4.80 Å². The van der Waals surface area contributed by atoms with Crippen molar-refractivity contribution in [2.24, 2.45) is 0 Å². The van der Waals surface area contributed by atoms with Crippen LogP contribution in [0.2, 0.25) is 0 Å². The third-order valence-electron chi connectivity index (χ3n) is 3.52. The van der Waals surface area contributed by atoms with Crippen LogP contribution in [0, 0.1) is 0 Å². The van der Waals surface area contributed by atoms with Crippen molar-refractivity contribution in [3.63, 3.8) is 0 Å². The Bertz CT molecular complexity index is 823. The van der Waals surface area contributed by atoms with Crippen molar-refractivity contribution in [3.8, 4) is 17.2 Å². The Morgan fingerprint density at radius 3 is 2.28 bits per heavy atom. The van der Waals surface area contributed by atoms with Gasteiger partial charge in [-0.25, -0.2) is 0 Å². The molecule has 1 aromatic heterocycles. The predicted molar refractivity (Wildman–Crippen MR) is 92.5 cm³/mol. The van der Waals surface area contributed by atoms with E-state index >= 15 is 0 Å². The number of benzene rings is 2. The average molecular weight is 410 g/mol. The monoisotopic (exact) mass is 409 g/mol. The summed E-state index contributed by atoms with van der Waals surface area (Å²) in [7, 11) is 0. The summed E-state index contributed by atoms with van der Waals surface area (Å²) in [6.45, 7) is -0.842. The van der Waals surface area contributed by atoms with Crippen LogP contribution >= 0.6 is 15.9 Å². The molecule has 3 aromatic rings. The molecule has 1 unspecified atom stereocenters. The highest BCUT2D eigenvalue weighted by Crippen LogP contribution is 2.25. The van der Waals surface area contributed by atoms with E-state index in [2.05, 4.69) is 36.2 Å². The lowest BCUT2D eigenvalue weighted by Crippen LogP contribution is -2.07. The third-order valence-corrected chi connectivity index (χ3v) is 3.84. The topological polar surface area (TPSA) is 60.2 Å². The molecule has 0 bridgehead atoms. The van der Waals surface area contributed by atoms with Crippen molar-refractivity contribution in [3.05, 3.63) is 58.9 Å². The molecule has 0 radical (unpaired) electrons. The molecule has 0 saturated carbocycles. The van der Waals surface area contributed by atoms with Crippen LogP contribution in [0.15, 0.2) is 57.7 Å². The first kappa shape index (κ1) is 17.3. The molecular formula is C17H14BrF2N3O2. The van der Waals surface area contributed by atoms with Crippen LogP contribution in [0.25, 0.3) is 11.5 Å². The zero-order chi connectivity index (χ0) is 17.8. The fraction of sp³-hybridized carbons (Fsp3) is 0.176. The first-order valence-electron chi connectivity index (χ1n) is 7.42. The number of aromatic nitrogens is 2. The van der Waals surface area contributed by atoms with Crippen LogP contribution in [0.1, 0.15) is 18.5 Å². The Kier molecular flexibility index (Phi) is 5.28. The number of anilines is 1. The van der Waals surface area contributed by atoms with Gasteiger partial charge < -0.3 is 14.5 Å². The van der Waals surface area contributed by atoms with E-state index in [9.17, 15) is 8.78 Å². The van der Waals surface area contributed by atoms with Crippen LogP contribution in [-0.2, 0) is 0 Å². The van der Waals surface area contributed by atoms with Gasteiger partial charge in [0.15, 0.2) is 0 Å². The van der Waals surface area contributed by atoms with E-state index in [0.29, 0.717) is 10.7 Å². The van der Waals surface area contributed by atoms with Crippen molar-refractivity contribution in [1.29, 1.82) is 0 Å². The summed E-state index contributed by atoms with van der Waals surface area (Å²) in [4.78, 5) is 0.331. The summed E-state index contributed by atoms with van der Waals surface area (Å²) >= 11 is 3.12. The summed E-state index contributed by atoms with van der Waals surface area (Å²) in [6.07, 6.45) is 0. The van der Waals surface area contributed by atoms with Crippen molar-refractivity contribution < 1.29 is 17.9 Å². The molecule has 0 saturated heterocycles. The normalized spacial score (nSPS) is 12.2. The minimum atomic E-state index is -2.82. The van der Waals surface area contributed by atoms with Gasteiger partial charge in [0, 0.05) is 33.2 Å². The number of rotatable bonds is 6. The van der Waals surface area contributed by atoms with Gasteiger partial charge in [-0.05, 0) is 48.9 Å². The first-order chi connectivity index (χ1) is 12.0. The molecule has 0 aliphatic rings. The van der Waals surface area contributed by atoms with E-state index in [1.54, 1.807) is 12.1 Å². The third kappa shape index (κ3) is 4.54. The van der Waals surface area contributed by atoms with Crippen molar-refractivity contribution >= 4 is 21.6 Å². The molecule has 0 aliphatic heterocycles. The van der Waals surface area contributed by atoms with Gasteiger partial charge in [-0.3, -0.25) is 0 Å². The molecule has 130 valence electrons. The molecule has 0 fully saturated rings.